The minimum Gasteiger partial charge on any atom is -0.489 e. The molecule has 0 bridgehead atoms. The van der Waals surface area contributed by atoms with E-state index in [-0.39, 0.29) is 12.5 Å². The monoisotopic (exact) mass is 565 g/mol. The first-order valence-corrected chi connectivity index (χ1v) is 13.8. The van der Waals surface area contributed by atoms with Gasteiger partial charge in [0.05, 0.1) is 18.1 Å². The molecule has 0 saturated carbocycles. The molecule has 0 N–H and O–H groups in total. The van der Waals surface area contributed by atoms with E-state index in [9.17, 15) is 14.4 Å². The van der Waals surface area contributed by atoms with E-state index in [2.05, 4.69) is 4.57 Å². The van der Waals surface area contributed by atoms with Crippen molar-refractivity contribution in [2.45, 2.75) is 20.5 Å². The predicted molar refractivity (Wildman–Crippen MR) is 151 cm³/mol. The van der Waals surface area contributed by atoms with Crippen molar-refractivity contribution in [3.8, 4) is 11.4 Å². The van der Waals surface area contributed by atoms with Gasteiger partial charge in [-0.15, -0.1) is 0 Å². The summed E-state index contributed by atoms with van der Waals surface area (Å²) in [6, 6.07) is 17.3. The number of amides is 3. The number of imide groups is 1. The molecular weight excluding hydrogens is 538 g/mol. The summed E-state index contributed by atoms with van der Waals surface area (Å²) < 4.78 is 13.3. The van der Waals surface area contributed by atoms with Crippen molar-refractivity contribution in [2.75, 3.05) is 32.8 Å². The minimum absolute atomic E-state index is 0.249. The van der Waals surface area contributed by atoms with E-state index in [1.807, 2.05) is 68.4 Å². The fourth-order valence-electron chi connectivity index (χ4n) is 4.60. The summed E-state index contributed by atoms with van der Waals surface area (Å²) >= 11 is 6.81. The number of nitrogens with zero attached hydrogens (tertiary/aromatic N) is 3. The van der Waals surface area contributed by atoms with Crippen molar-refractivity contribution in [3.63, 3.8) is 0 Å². The molecule has 10 heteroatoms. The van der Waals surface area contributed by atoms with Gasteiger partial charge in [0.15, 0.2) is 0 Å². The summed E-state index contributed by atoms with van der Waals surface area (Å²) in [6.07, 6.45) is 1.73. The molecule has 2 aliphatic heterocycles. The Bertz CT molecular complexity index is 1430. The van der Waals surface area contributed by atoms with Crippen LogP contribution in [0.25, 0.3) is 11.8 Å². The number of halogens is 1. The van der Waals surface area contributed by atoms with Crippen LogP contribution in [0.1, 0.15) is 22.5 Å². The summed E-state index contributed by atoms with van der Waals surface area (Å²) in [6.45, 7) is 5.99. The fourth-order valence-corrected chi connectivity index (χ4v) is 5.55. The molecular formula is C29H28ClN3O5S. The number of aromatic nitrogens is 1. The first-order chi connectivity index (χ1) is 18.8. The van der Waals surface area contributed by atoms with Crippen molar-refractivity contribution >= 4 is 46.5 Å². The lowest BCUT2D eigenvalue weighted by molar-refractivity contribution is -0.139. The number of morpholine rings is 1. The average molecular weight is 566 g/mol. The highest BCUT2D eigenvalue weighted by Gasteiger charge is 2.37. The molecule has 5 rings (SSSR count). The number of aryl methyl sites for hydroxylation is 1. The van der Waals surface area contributed by atoms with E-state index >= 15 is 0 Å². The summed E-state index contributed by atoms with van der Waals surface area (Å²) in [4.78, 5) is 41.2. The molecule has 1 aromatic heterocycles. The standard InChI is InChI=1S/C29H28ClN3O5S/c1-19-15-22(16-26-28(35)32(29(36)39-26)17-27(34)31-11-13-37-14-12-31)20(2)33(19)24-7-9-25(10-8-24)38-18-21-3-5-23(30)6-4-21/h3-10,15-16H,11-14,17-18H2,1-2H3/b26-16+. The quantitative estimate of drug-likeness (QED) is 0.365. The van der Waals surface area contributed by atoms with Gasteiger partial charge in [-0.25, -0.2) is 0 Å². The van der Waals surface area contributed by atoms with Crippen LogP contribution in [-0.2, 0) is 20.9 Å². The van der Waals surface area contributed by atoms with Crippen LogP contribution in [0.2, 0.25) is 5.02 Å². The average Bonchev–Trinajstić information content (AvgIpc) is 3.37. The Hall–Kier alpha value is -3.53. The van der Waals surface area contributed by atoms with Crippen LogP contribution in [0, 0.1) is 13.8 Å². The van der Waals surface area contributed by atoms with Gasteiger partial charge in [-0.2, -0.15) is 0 Å². The maximum absolute atomic E-state index is 13.0. The van der Waals surface area contributed by atoms with E-state index in [0.29, 0.717) is 42.8 Å². The molecule has 0 aliphatic carbocycles. The summed E-state index contributed by atoms with van der Waals surface area (Å²) in [5.74, 6) is 0.0518. The van der Waals surface area contributed by atoms with Crippen LogP contribution < -0.4 is 4.74 Å². The van der Waals surface area contributed by atoms with Crippen LogP contribution in [-0.4, -0.2) is 64.3 Å². The van der Waals surface area contributed by atoms with E-state index < -0.39 is 11.1 Å². The first-order valence-electron chi connectivity index (χ1n) is 12.6. The molecule has 39 heavy (non-hydrogen) atoms. The summed E-state index contributed by atoms with van der Waals surface area (Å²) in [7, 11) is 0. The molecule has 2 fully saturated rings. The lowest BCUT2D eigenvalue weighted by atomic mass is 10.2. The van der Waals surface area contributed by atoms with Crippen LogP contribution in [0.15, 0.2) is 59.5 Å². The van der Waals surface area contributed by atoms with Gasteiger partial charge >= 0.3 is 0 Å². The summed E-state index contributed by atoms with van der Waals surface area (Å²) in [5.41, 5.74) is 4.72. The zero-order valence-corrected chi connectivity index (χ0v) is 23.3. The fraction of sp³-hybridized carbons (Fsp3) is 0.276. The van der Waals surface area contributed by atoms with Gasteiger partial charge in [0.1, 0.15) is 18.9 Å². The van der Waals surface area contributed by atoms with Gasteiger partial charge in [-0.3, -0.25) is 19.3 Å². The smallest absolute Gasteiger partial charge is 0.294 e. The second-order valence-corrected chi connectivity index (χ2v) is 10.8. The molecule has 0 atom stereocenters. The van der Waals surface area contributed by atoms with Gasteiger partial charge in [0.25, 0.3) is 11.1 Å². The molecule has 3 amide bonds. The molecule has 3 heterocycles. The molecule has 2 aliphatic rings. The third-order valence-electron chi connectivity index (χ3n) is 6.70. The topological polar surface area (TPSA) is 81.1 Å². The normalized spacial score (nSPS) is 16.8. The lowest BCUT2D eigenvalue weighted by Crippen LogP contribution is -2.46. The third-order valence-corrected chi connectivity index (χ3v) is 7.86. The lowest BCUT2D eigenvalue weighted by Gasteiger charge is -2.28. The number of benzene rings is 2. The van der Waals surface area contributed by atoms with E-state index in [1.165, 1.54) is 0 Å². The van der Waals surface area contributed by atoms with Crippen LogP contribution in [0.3, 0.4) is 0 Å². The van der Waals surface area contributed by atoms with Crippen molar-refractivity contribution in [1.29, 1.82) is 0 Å². The zero-order valence-electron chi connectivity index (χ0n) is 21.7. The third kappa shape index (κ3) is 6.06. The van der Waals surface area contributed by atoms with Crippen molar-refractivity contribution in [1.82, 2.24) is 14.4 Å². The molecule has 0 spiro atoms. The van der Waals surface area contributed by atoms with Crippen molar-refractivity contribution in [2.24, 2.45) is 0 Å². The Morgan fingerprint density at radius 1 is 1.05 bits per heavy atom. The molecule has 2 aromatic carbocycles. The predicted octanol–water partition coefficient (Wildman–Crippen LogP) is 5.22. The molecule has 8 nitrogen and oxygen atoms in total. The second kappa shape index (κ2) is 11.7. The SMILES string of the molecule is Cc1cc(/C=C2/SC(=O)N(CC(=O)N3CCOCC3)C2=O)c(C)n1-c1ccc(OCc2ccc(Cl)cc2)cc1. The Labute approximate surface area is 236 Å². The Kier molecular flexibility index (Phi) is 8.11. The number of carbonyl (C=O) groups excluding carboxylic acids is 3. The molecule has 3 aromatic rings. The number of carbonyl (C=O) groups is 3. The second-order valence-electron chi connectivity index (χ2n) is 9.33. The molecule has 2 saturated heterocycles. The Balaban J connectivity index is 1.28. The van der Waals surface area contributed by atoms with E-state index in [0.717, 1.165) is 50.6 Å². The highest BCUT2D eigenvalue weighted by atomic mass is 35.5. The highest BCUT2D eigenvalue weighted by molar-refractivity contribution is 8.18. The van der Waals surface area contributed by atoms with Gasteiger partial charge in [-0.05, 0) is 85.3 Å². The number of ether oxygens (including phenoxy) is 2. The van der Waals surface area contributed by atoms with Crippen LogP contribution >= 0.6 is 23.4 Å². The Morgan fingerprint density at radius 2 is 1.74 bits per heavy atom. The number of thioether (sulfide) groups is 1. The maximum atomic E-state index is 13.0. The largest absolute Gasteiger partial charge is 0.489 e. The minimum atomic E-state index is -0.446. The Morgan fingerprint density at radius 3 is 2.44 bits per heavy atom. The molecule has 0 unspecified atom stereocenters. The van der Waals surface area contributed by atoms with Gasteiger partial charge in [0, 0.05) is 35.2 Å². The van der Waals surface area contributed by atoms with Crippen LogP contribution in [0.5, 0.6) is 5.75 Å². The zero-order chi connectivity index (χ0) is 27.5. The van der Waals surface area contributed by atoms with Gasteiger partial charge in [-0.1, -0.05) is 23.7 Å². The number of rotatable bonds is 7. The van der Waals surface area contributed by atoms with Crippen molar-refractivity contribution in [3.05, 3.63) is 87.0 Å². The van der Waals surface area contributed by atoms with Gasteiger partial charge < -0.3 is 18.9 Å². The van der Waals surface area contributed by atoms with Crippen molar-refractivity contribution < 1.29 is 23.9 Å². The molecule has 0 radical (unpaired) electrons. The van der Waals surface area contributed by atoms with Gasteiger partial charge in [0.2, 0.25) is 5.91 Å². The molecule has 202 valence electrons. The van der Waals surface area contributed by atoms with E-state index in [4.69, 9.17) is 21.1 Å². The highest BCUT2D eigenvalue weighted by Crippen LogP contribution is 2.34. The first kappa shape index (κ1) is 27.1. The maximum Gasteiger partial charge on any atom is 0.294 e. The van der Waals surface area contributed by atoms with Crippen LogP contribution in [0.4, 0.5) is 4.79 Å². The summed E-state index contributed by atoms with van der Waals surface area (Å²) in [5, 5.41) is 0.255. The number of hydrogen-bond acceptors (Lipinski definition) is 6. The van der Waals surface area contributed by atoms with E-state index in [1.54, 1.807) is 11.0 Å². The number of hydrogen-bond donors (Lipinski definition) is 0.